The molecule has 2 heterocycles. The molecule has 2 aromatic heterocycles. The SMILES string of the molecule is CCn1c(S[C@H](C)c2nnc(-c3ccc([N+](=O)[O-])cc3)o2)nnc1C1CC1. The average molecular weight is 386 g/mol. The Morgan fingerprint density at radius 2 is 2.00 bits per heavy atom. The number of hydrogen-bond donors (Lipinski definition) is 0. The number of nitro groups is 1. The van der Waals surface area contributed by atoms with Crippen molar-refractivity contribution >= 4 is 17.4 Å². The summed E-state index contributed by atoms with van der Waals surface area (Å²) in [6, 6.07) is 6.03. The molecule has 1 aliphatic carbocycles. The molecule has 140 valence electrons. The van der Waals surface area contributed by atoms with E-state index in [2.05, 4.69) is 31.9 Å². The van der Waals surface area contributed by atoms with Crippen LogP contribution in [0.5, 0.6) is 0 Å². The molecule has 4 rings (SSSR count). The van der Waals surface area contributed by atoms with Crippen LogP contribution >= 0.6 is 11.8 Å². The van der Waals surface area contributed by atoms with Crippen molar-refractivity contribution in [3.05, 3.63) is 46.1 Å². The highest BCUT2D eigenvalue weighted by atomic mass is 32.2. The molecule has 0 unspecified atom stereocenters. The van der Waals surface area contributed by atoms with Gasteiger partial charge >= 0.3 is 0 Å². The van der Waals surface area contributed by atoms with Crippen molar-refractivity contribution in [2.24, 2.45) is 0 Å². The van der Waals surface area contributed by atoms with Gasteiger partial charge < -0.3 is 8.98 Å². The van der Waals surface area contributed by atoms with Gasteiger partial charge in [0.05, 0.1) is 10.2 Å². The minimum absolute atomic E-state index is 0.0211. The Hall–Kier alpha value is -2.75. The van der Waals surface area contributed by atoms with E-state index in [0.29, 0.717) is 23.3 Å². The van der Waals surface area contributed by atoms with E-state index in [1.165, 1.54) is 36.7 Å². The van der Waals surface area contributed by atoms with Gasteiger partial charge in [-0.25, -0.2) is 0 Å². The molecule has 1 atom stereocenters. The fourth-order valence-electron chi connectivity index (χ4n) is 2.78. The zero-order valence-electron chi connectivity index (χ0n) is 14.9. The summed E-state index contributed by atoms with van der Waals surface area (Å²) >= 11 is 1.53. The minimum atomic E-state index is -0.443. The fourth-order valence-corrected chi connectivity index (χ4v) is 3.73. The number of nitro benzene ring substituents is 1. The van der Waals surface area contributed by atoms with Crippen LogP contribution in [0.4, 0.5) is 5.69 Å². The van der Waals surface area contributed by atoms with Crippen LogP contribution in [0, 0.1) is 10.1 Å². The molecular weight excluding hydrogens is 368 g/mol. The monoisotopic (exact) mass is 386 g/mol. The molecule has 1 aromatic carbocycles. The summed E-state index contributed by atoms with van der Waals surface area (Å²) in [6.07, 6.45) is 2.36. The van der Waals surface area contributed by atoms with E-state index in [0.717, 1.165) is 17.5 Å². The molecule has 1 aliphatic rings. The van der Waals surface area contributed by atoms with Crippen LogP contribution in [0.3, 0.4) is 0 Å². The van der Waals surface area contributed by atoms with E-state index >= 15 is 0 Å². The Balaban J connectivity index is 1.50. The predicted molar refractivity (Wildman–Crippen MR) is 98.3 cm³/mol. The molecule has 3 aromatic rings. The van der Waals surface area contributed by atoms with Crippen molar-refractivity contribution in [1.29, 1.82) is 0 Å². The van der Waals surface area contributed by atoms with Crippen molar-refractivity contribution in [2.75, 3.05) is 0 Å². The van der Waals surface area contributed by atoms with E-state index < -0.39 is 4.92 Å². The van der Waals surface area contributed by atoms with Gasteiger partial charge in [-0.15, -0.1) is 20.4 Å². The summed E-state index contributed by atoms with van der Waals surface area (Å²) < 4.78 is 7.92. The van der Waals surface area contributed by atoms with E-state index in [9.17, 15) is 10.1 Å². The van der Waals surface area contributed by atoms with Gasteiger partial charge in [0.15, 0.2) is 5.16 Å². The highest BCUT2D eigenvalue weighted by Gasteiger charge is 2.30. The number of non-ortho nitro benzene ring substituents is 1. The van der Waals surface area contributed by atoms with Crippen LogP contribution in [0.25, 0.3) is 11.5 Å². The van der Waals surface area contributed by atoms with Crippen LogP contribution in [-0.4, -0.2) is 29.9 Å². The van der Waals surface area contributed by atoms with Crippen molar-refractivity contribution in [3.63, 3.8) is 0 Å². The van der Waals surface area contributed by atoms with E-state index in [4.69, 9.17) is 4.42 Å². The highest BCUT2D eigenvalue weighted by Crippen LogP contribution is 2.41. The van der Waals surface area contributed by atoms with Gasteiger partial charge in [-0.1, -0.05) is 11.8 Å². The highest BCUT2D eigenvalue weighted by molar-refractivity contribution is 7.99. The van der Waals surface area contributed by atoms with E-state index in [-0.39, 0.29) is 10.9 Å². The van der Waals surface area contributed by atoms with Crippen LogP contribution in [-0.2, 0) is 6.54 Å². The number of aromatic nitrogens is 5. The lowest BCUT2D eigenvalue weighted by atomic mass is 10.2. The molecule has 9 nitrogen and oxygen atoms in total. The Morgan fingerprint density at radius 3 is 2.63 bits per heavy atom. The Kier molecular flexibility index (Phi) is 4.65. The van der Waals surface area contributed by atoms with Gasteiger partial charge in [-0.05, 0) is 38.8 Å². The van der Waals surface area contributed by atoms with Crippen LogP contribution in [0.1, 0.15) is 49.6 Å². The first kappa shape index (κ1) is 17.7. The molecule has 0 amide bonds. The third-order valence-corrected chi connectivity index (χ3v) is 5.47. The van der Waals surface area contributed by atoms with Gasteiger partial charge in [0, 0.05) is 30.2 Å². The molecular formula is C17H18N6O3S. The molecule has 0 bridgehead atoms. The number of rotatable bonds is 7. The van der Waals surface area contributed by atoms with Crippen LogP contribution in [0.2, 0.25) is 0 Å². The minimum Gasteiger partial charge on any atom is -0.419 e. The molecule has 10 heteroatoms. The first-order chi connectivity index (χ1) is 13.1. The summed E-state index contributed by atoms with van der Waals surface area (Å²) in [6.45, 7) is 4.89. The molecule has 0 N–H and O–H groups in total. The third kappa shape index (κ3) is 3.57. The second-order valence-corrected chi connectivity index (χ2v) is 7.68. The predicted octanol–water partition coefficient (Wildman–Crippen LogP) is 3.99. The molecule has 0 saturated heterocycles. The van der Waals surface area contributed by atoms with Crippen molar-refractivity contribution in [1.82, 2.24) is 25.0 Å². The second-order valence-electron chi connectivity index (χ2n) is 6.37. The van der Waals surface area contributed by atoms with Gasteiger partial charge in [0.2, 0.25) is 11.8 Å². The maximum atomic E-state index is 10.8. The number of hydrogen-bond acceptors (Lipinski definition) is 8. The summed E-state index contributed by atoms with van der Waals surface area (Å²) in [5.74, 6) is 2.42. The normalized spacial score (nSPS) is 15.0. The maximum Gasteiger partial charge on any atom is 0.269 e. The molecule has 0 aliphatic heterocycles. The standard InChI is InChI=1S/C17H18N6O3S/c1-3-22-14(11-4-5-11)18-21-17(22)27-10(2)15-19-20-16(26-15)12-6-8-13(9-7-12)23(24)25/h6-11H,3-5H2,1-2H3/t10-/m1/s1. The molecule has 27 heavy (non-hydrogen) atoms. The quantitative estimate of drug-likeness (QED) is 0.340. The van der Waals surface area contributed by atoms with Gasteiger partial charge in [0.25, 0.3) is 5.69 Å². The molecule has 1 fully saturated rings. The first-order valence-corrected chi connectivity index (χ1v) is 9.62. The molecule has 1 saturated carbocycles. The summed E-state index contributed by atoms with van der Waals surface area (Å²) in [7, 11) is 0. The van der Waals surface area contributed by atoms with E-state index in [1.54, 1.807) is 12.1 Å². The van der Waals surface area contributed by atoms with E-state index in [1.807, 2.05) is 6.92 Å². The maximum absolute atomic E-state index is 10.8. The lowest BCUT2D eigenvalue weighted by Gasteiger charge is -2.09. The third-order valence-electron chi connectivity index (χ3n) is 4.40. The largest absolute Gasteiger partial charge is 0.419 e. The van der Waals surface area contributed by atoms with Gasteiger partial charge in [0.1, 0.15) is 5.82 Å². The Morgan fingerprint density at radius 1 is 1.26 bits per heavy atom. The smallest absolute Gasteiger partial charge is 0.269 e. The molecule has 0 radical (unpaired) electrons. The topological polar surface area (TPSA) is 113 Å². The zero-order valence-corrected chi connectivity index (χ0v) is 15.7. The second kappa shape index (κ2) is 7.10. The zero-order chi connectivity index (χ0) is 19.0. The lowest BCUT2D eigenvalue weighted by molar-refractivity contribution is -0.384. The Labute approximate surface area is 159 Å². The summed E-state index contributed by atoms with van der Waals surface area (Å²) in [5.41, 5.74) is 0.664. The van der Waals surface area contributed by atoms with Crippen molar-refractivity contribution in [2.45, 2.75) is 49.6 Å². The number of thioether (sulfide) groups is 1. The Bertz CT molecular complexity index is 963. The van der Waals surface area contributed by atoms with Crippen molar-refractivity contribution < 1.29 is 9.34 Å². The van der Waals surface area contributed by atoms with Crippen molar-refractivity contribution in [3.8, 4) is 11.5 Å². The number of nitrogens with zero attached hydrogens (tertiary/aromatic N) is 6. The average Bonchev–Trinajstić information content (AvgIpc) is 3.25. The molecule has 0 spiro atoms. The number of benzene rings is 1. The van der Waals surface area contributed by atoms with Crippen LogP contribution in [0.15, 0.2) is 33.8 Å². The van der Waals surface area contributed by atoms with Gasteiger partial charge in [-0.3, -0.25) is 10.1 Å². The lowest BCUT2D eigenvalue weighted by Crippen LogP contribution is -2.02. The first-order valence-electron chi connectivity index (χ1n) is 8.74. The summed E-state index contributed by atoms with van der Waals surface area (Å²) in [4.78, 5) is 10.3. The van der Waals surface area contributed by atoms with Gasteiger partial charge in [-0.2, -0.15) is 0 Å². The summed E-state index contributed by atoms with van der Waals surface area (Å²) in [5, 5.41) is 28.4. The fraction of sp³-hybridized carbons (Fsp3) is 0.412. The van der Waals surface area contributed by atoms with Crippen LogP contribution < -0.4 is 0 Å².